The van der Waals surface area contributed by atoms with Crippen LogP contribution >= 0.6 is 11.3 Å². The van der Waals surface area contributed by atoms with Crippen molar-refractivity contribution in [2.75, 3.05) is 25.5 Å². The molecule has 0 bridgehead atoms. The molecule has 0 spiro atoms. The van der Waals surface area contributed by atoms with E-state index in [0.29, 0.717) is 17.6 Å². The number of anilines is 1. The lowest BCUT2D eigenvalue weighted by atomic mass is 10.2. The van der Waals surface area contributed by atoms with Crippen molar-refractivity contribution in [3.63, 3.8) is 0 Å². The van der Waals surface area contributed by atoms with Crippen LogP contribution in [-0.4, -0.2) is 41.1 Å². The van der Waals surface area contributed by atoms with Crippen molar-refractivity contribution in [1.82, 2.24) is 14.8 Å². The average molecular weight is 377 g/mol. The highest BCUT2D eigenvalue weighted by Crippen LogP contribution is 2.25. The first-order valence-electron chi connectivity index (χ1n) is 9.09. The van der Waals surface area contributed by atoms with E-state index in [2.05, 4.69) is 47.5 Å². The molecule has 0 fully saturated rings. The fourth-order valence-corrected chi connectivity index (χ4v) is 3.43. The molecule has 1 heterocycles. The molecule has 142 valence electrons. The molecular weight excluding hydrogens is 347 g/mol. The van der Waals surface area contributed by atoms with Crippen molar-refractivity contribution >= 4 is 27.2 Å². The zero-order valence-corrected chi connectivity index (χ0v) is 16.9. The molecule has 2 rings (SSSR count). The van der Waals surface area contributed by atoms with Crippen LogP contribution < -0.4 is 5.32 Å². The van der Waals surface area contributed by atoms with Gasteiger partial charge in [-0.15, -0.1) is 11.3 Å². The molecule has 0 aliphatic carbocycles. The lowest BCUT2D eigenvalue weighted by Crippen LogP contribution is -2.42. The zero-order chi connectivity index (χ0) is 19.1. The predicted octanol–water partition coefficient (Wildman–Crippen LogP) is 5.27. The Balaban J connectivity index is 1.97. The van der Waals surface area contributed by atoms with E-state index < -0.39 is 0 Å². The summed E-state index contributed by atoms with van der Waals surface area (Å²) >= 11 is 1.43. The van der Waals surface area contributed by atoms with Crippen LogP contribution in [0.4, 0.5) is 10.1 Å². The highest BCUT2D eigenvalue weighted by molar-refractivity contribution is 7.16. The topological polar surface area (TPSA) is 31.4 Å². The molecule has 1 unspecified atom stereocenters. The van der Waals surface area contributed by atoms with Gasteiger partial charge in [-0.1, -0.05) is 26.8 Å². The van der Waals surface area contributed by atoms with E-state index in [-0.39, 0.29) is 5.82 Å². The summed E-state index contributed by atoms with van der Waals surface area (Å²) in [7, 11) is 2.05. The van der Waals surface area contributed by atoms with Crippen molar-refractivity contribution in [2.45, 2.75) is 39.8 Å². The third kappa shape index (κ3) is 5.29. The molecule has 1 atom stereocenters. The molecule has 2 aromatic rings. The molecule has 0 aliphatic rings. The molecule has 0 radical (unpaired) electrons. The van der Waals surface area contributed by atoms with Crippen LogP contribution in [0.15, 0.2) is 42.2 Å². The first-order valence-corrected chi connectivity index (χ1v) is 9.97. The van der Waals surface area contributed by atoms with E-state index in [1.807, 2.05) is 19.3 Å². The number of thiazole rings is 1. The van der Waals surface area contributed by atoms with Crippen molar-refractivity contribution in [2.24, 2.45) is 0 Å². The van der Waals surface area contributed by atoms with Crippen LogP contribution in [0.25, 0.3) is 10.2 Å². The molecular formula is C20H29FN4S. The van der Waals surface area contributed by atoms with Gasteiger partial charge >= 0.3 is 0 Å². The quantitative estimate of drug-likeness (QED) is 0.452. The van der Waals surface area contributed by atoms with Gasteiger partial charge in [0.1, 0.15) is 5.82 Å². The smallest absolute Gasteiger partial charge is 0.148 e. The Bertz CT molecular complexity index is 755. The van der Waals surface area contributed by atoms with Gasteiger partial charge in [-0.25, -0.2) is 9.37 Å². The van der Waals surface area contributed by atoms with E-state index in [1.165, 1.54) is 30.2 Å². The van der Waals surface area contributed by atoms with Gasteiger partial charge in [-0.2, -0.15) is 0 Å². The highest BCUT2D eigenvalue weighted by Gasteiger charge is 2.13. The van der Waals surface area contributed by atoms with E-state index in [9.17, 15) is 4.39 Å². The first kappa shape index (κ1) is 20.4. The van der Waals surface area contributed by atoms with Crippen LogP contribution in [0.2, 0.25) is 0 Å². The second-order valence-corrected chi connectivity index (χ2v) is 7.28. The van der Waals surface area contributed by atoms with Crippen LogP contribution in [0.5, 0.6) is 0 Å². The Kier molecular flexibility index (Phi) is 7.60. The Morgan fingerprint density at radius 3 is 2.88 bits per heavy atom. The summed E-state index contributed by atoms with van der Waals surface area (Å²) in [4.78, 5) is 8.80. The molecule has 4 nitrogen and oxygen atoms in total. The van der Waals surface area contributed by atoms with Gasteiger partial charge in [-0.05, 0) is 38.1 Å². The van der Waals surface area contributed by atoms with E-state index in [4.69, 9.17) is 0 Å². The second-order valence-electron chi connectivity index (χ2n) is 6.40. The number of hydrogen-bond donors (Lipinski definition) is 1. The van der Waals surface area contributed by atoms with Gasteiger partial charge < -0.3 is 10.2 Å². The highest BCUT2D eigenvalue weighted by atomic mass is 32.1. The first-order chi connectivity index (χ1) is 12.5. The fourth-order valence-electron chi connectivity index (χ4n) is 2.75. The Morgan fingerprint density at radius 2 is 2.19 bits per heavy atom. The van der Waals surface area contributed by atoms with Crippen LogP contribution in [0.3, 0.4) is 0 Å². The molecule has 0 aliphatic heterocycles. The Hall–Kier alpha value is -1.92. The number of aromatic nitrogens is 1. The largest absolute Gasteiger partial charge is 0.365 e. The second kappa shape index (κ2) is 9.69. The van der Waals surface area contributed by atoms with Gasteiger partial charge in [0.25, 0.3) is 0 Å². The summed E-state index contributed by atoms with van der Waals surface area (Å²) in [6.45, 7) is 12.7. The SMILES string of the molecule is C=C(/C=C\N(C)C(C)N(CC)CCCC)Nc1cc2ncsc2cc1F. The predicted molar refractivity (Wildman–Crippen MR) is 111 cm³/mol. The number of allylic oxidation sites excluding steroid dienone is 1. The standard InChI is InChI=1S/C20H29FN4S/c1-6-8-10-25(7-2)16(4)24(5)11-9-15(3)23-18-13-19-20(12-17(18)21)26-14-22-19/h9,11-14,16,23H,3,6-8,10H2,1-2,4-5H3/b11-9-. The van der Waals surface area contributed by atoms with Crippen LogP contribution in [-0.2, 0) is 0 Å². The number of hydrogen-bond acceptors (Lipinski definition) is 5. The molecule has 0 amide bonds. The van der Waals surface area contributed by atoms with Crippen molar-refractivity contribution in [1.29, 1.82) is 0 Å². The normalized spacial score (nSPS) is 12.8. The van der Waals surface area contributed by atoms with E-state index >= 15 is 0 Å². The van der Waals surface area contributed by atoms with Gasteiger partial charge in [0.05, 0.1) is 27.6 Å². The summed E-state index contributed by atoms with van der Waals surface area (Å²) in [5.74, 6) is -0.297. The summed E-state index contributed by atoms with van der Waals surface area (Å²) in [6, 6.07) is 3.23. The maximum Gasteiger partial charge on any atom is 0.148 e. The van der Waals surface area contributed by atoms with Crippen molar-refractivity contribution in [3.8, 4) is 0 Å². The molecule has 0 saturated carbocycles. The van der Waals surface area contributed by atoms with Gasteiger partial charge in [0, 0.05) is 25.5 Å². The van der Waals surface area contributed by atoms with Gasteiger partial charge in [-0.3, -0.25) is 4.90 Å². The number of unbranched alkanes of at least 4 members (excludes halogenated alkanes) is 1. The number of halogens is 1. The molecule has 6 heteroatoms. The number of fused-ring (bicyclic) bond motifs is 1. The third-order valence-corrected chi connectivity index (χ3v) is 5.34. The number of nitrogens with one attached hydrogen (secondary N) is 1. The van der Waals surface area contributed by atoms with Crippen LogP contribution in [0.1, 0.15) is 33.6 Å². The van der Waals surface area contributed by atoms with E-state index in [1.54, 1.807) is 11.6 Å². The van der Waals surface area contributed by atoms with Crippen molar-refractivity contribution in [3.05, 3.63) is 48.0 Å². The minimum absolute atomic E-state index is 0.290. The van der Waals surface area contributed by atoms with Gasteiger partial charge in [0.15, 0.2) is 0 Å². The van der Waals surface area contributed by atoms with Crippen molar-refractivity contribution < 1.29 is 4.39 Å². The fraction of sp³-hybridized carbons (Fsp3) is 0.450. The lowest BCUT2D eigenvalue weighted by Gasteiger charge is -2.34. The maximum absolute atomic E-state index is 14.2. The third-order valence-electron chi connectivity index (χ3n) is 4.55. The van der Waals surface area contributed by atoms with E-state index in [0.717, 1.165) is 23.3 Å². The van der Waals surface area contributed by atoms with Gasteiger partial charge in [0.2, 0.25) is 0 Å². The monoisotopic (exact) mass is 376 g/mol. The number of rotatable bonds is 10. The molecule has 1 aromatic carbocycles. The maximum atomic E-state index is 14.2. The zero-order valence-electron chi connectivity index (χ0n) is 16.1. The minimum atomic E-state index is -0.297. The summed E-state index contributed by atoms with van der Waals surface area (Å²) in [5, 5.41) is 3.03. The molecule has 26 heavy (non-hydrogen) atoms. The summed E-state index contributed by atoms with van der Waals surface area (Å²) in [5.41, 5.74) is 3.54. The molecule has 1 N–H and O–H groups in total. The Morgan fingerprint density at radius 1 is 1.42 bits per heavy atom. The average Bonchev–Trinajstić information content (AvgIpc) is 3.07. The summed E-state index contributed by atoms with van der Waals surface area (Å²) in [6.07, 6.45) is 6.53. The molecule has 0 saturated heterocycles. The minimum Gasteiger partial charge on any atom is -0.365 e. The lowest BCUT2D eigenvalue weighted by molar-refractivity contribution is 0.112. The number of benzene rings is 1. The molecule has 1 aromatic heterocycles. The van der Waals surface area contributed by atoms with Crippen LogP contribution in [0, 0.1) is 5.82 Å². The Labute approximate surface area is 160 Å². The number of nitrogens with zero attached hydrogens (tertiary/aromatic N) is 3. The summed E-state index contributed by atoms with van der Waals surface area (Å²) < 4.78 is 15.0.